The fourth-order valence-electron chi connectivity index (χ4n) is 2.27. The van der Waals surface area contributed by atoms with Gasteiger partial charge in [0.1, 0.15) is 6.07 Å². The molecule has 1 aromatic rings. The van der Waals surface area contributed by atoms with Crippen LogP contribution in [0.3, 0.4) is 0 Å². The highest BCUT2D eigenvalue weighted by Gasteiger charge is 2.18. The Labute approximate surface area is 128 Å². The summed E-state index contributed by atoms with van der Waals surface area (Å²) in [4.78, 5) is 3.51. The monoisotopic (exact) mass is 290 g/mol. The lowest BCUT2D eigenvalue weighted by atomic mass is 10.1. The molecule has 0 radical (unpaired) electrons. The summed E-state index contributed by atoms with van der Waals surface area (Å²) in [5.74, 6) is 0.996. The van der Waals surface area contributed by atoms with Crippen molar-refractivity contribution in [3.8, 4) is 6.07 Å². The molecule has 1 unspecified atom stereocenters. The van der Waals surface area contributed by atoms with Crippen LogP contribution >= 0.6 is 11.8 Å². The van der Waals surface area contributed by atoms with Crippen molar-refractivity contribution < 1.29 is 0 Å². The molecule has 1 aromatic carbocycles. The molecule has 2 nitrogen and oxygen atoms in total. The van der Waals surface area contributed by atoms with E-state index in [-0.39, 0.29) is 0 Å². The van der Waals surface area contributed by atoms with Crippen LogP contribution < -0.4 is 4.90 Å². The van der Waals surface area contributed by atoms with Gasteiger partial charge in [0, 0.05) is 17.5 Å². The van der Waals surface area contributed by atoms with E-state index < -0.39 is 0 Å². The largest absolute Gasteiger partial charge is 0.368 e. The summed E-state index contributed by atoms with van der Waals surface area (Å²) >= 11 is 1.75. The van der Waals surface area contributed by atoms with Crippen molar-refractivity contribution in [2.24, 2.45) is 0 Å². The van der Waals surface area contributed by atoms with Gasteiger partial charge in [0.15, 0.2) is 0 Å². The van der Waals surface area contributed by atoms with Gasteiger partial charge in [0.05, 0.1) is 11.3 Å². The van der Waals surface area contributed by atoms with Crippen LogP contribution in [0.25, 0.3) is 0 Å². The molecule has 0 bridgehead atoms. The molecule has 1 atom stereocenters. The number of nitriles is 1. The Balaban J connectivity index is 3.18. The van der Waals surface area contributed by atoms with Crippen LogP contribution in [-0.2, 0) is 0 Å². The van der Waals surface area contributed by atoms with Crippen LogP contribution in [0.5, 0.6) is 0 Å². The predicted octanol–water partition coefficient (Wildman–Crippen LogP) is 5.08. The van der Waals surface area contributed by atoms with Crippen LogP contribution in [0.4, 0.5) is 5.69 Å². The van der Waals surface area contributed by atoms with Gasteiger partial charge in [-0.15, -0.1) is 11.8 Å². The summed E-state index contributed by atoms with van der Waals surface area (Å²) in [5.41, 5.74) is 1.95. The van der Waals surface area contributed by atoms with E-state index in [2.05, 4.69) is 56.9 Å². The van der Waals surface area contributed by atoms with Crippen LogP contribution in [-0.4, -0.2) is 18.3 Å². The Morgan fingerprint density at radius 1 is 1.30 bits per heavy atom. The summed E-state index contributed by atoms with van der Waals surface area (Å²) < 4.78 is 0. The maximum Gasteiger partial charge on any atom is 0.103 e. The van der Waals surface area contributed by atoms with Crippen LogP contribution in [0.2, 0.25) is 0 Å². The van der Waals surface area contributed by atoms with E-state index in [1.54, 1.807) is 11.8 Å². The number of benzene rings is 1. The van der Waals surface area contributed by atoms with Crippen molar-refractivity contribution in [3.63, 3.8) is 0 Å². The van der Waals surface area contributed by atoms with Gasteiger partial charge in [-0.05, 0) is 37.7 Å². The molecular formula is C17H26N2S. The number of rotatable bonds is 8. The molecule has 0 aliphatic heterocycles. The van der Waals surface area contributed by atoms with Crippen LogP contribution in [0.15, 0.2) is 23.1 Å². The lowest BCUT2D eigenvalue weighted by Gasteiger charge is -2.32. The third kappa shape index (κ3) is 4.18. The quantitative estimate of drug-likeness (QED) is 0.625. The highest BCUT2D eigenvalue weighted by molar-refractivity contribution is 7.99. The van der Waals surface area contributed by atoms with Gasteiger partial charge >= 0.3 is 0 Å². The van der Waals surface area contributed by atoms with Crippen molar-refractivity contribution in [2.45, 2.75) is 57.9 Å². The molecule has 3 heteroatoms. The van der Waals surface area contributed by atoms with E-state index in [4.69, 9.17) is 0 Å². The summed E-state index contributed by atoms with van der Waals surface area (Å²) in [7, 11) is 0. The molecule has 0 N–H and O–H groups in total. The summed E-state index contributed by atoms with van der Waals surface area (Å²) in [6.45, 7) is 9.82. The molecule has 0 aliphatic carbocycles. The molecule has 110 valence electrons. The lowest BCUT2D eigenvalue weighted by Crippen LogP contribution is -2.34. The number of anilines is 1. The fraction of sp³-hybridized carbons (Fsp3) is 0.588. The molecule has 0 spiro atoms. The Bertz CT molecular complexity index is 451. The zero-order valence-corrected chi connectivity index (χ0v) is 14.0. The first-order valence-electron chi connectivity index (χ1n) is 7.62. The van der Waals surface area contributed by atoms with Crippen molar-refractivity contribution >= 4 is 17.4 Å². The second-order valence-corrected chi connectivity index (χ2v) is 6.31. The molecule has 1 rings (SSSR count). The van der Waals surface area contributed by atoms with E-state index in [0.717, 1.165) is 34.9 Å². The van der Waals surface area contributed by atoms with Crippen LogP contribution in [0.1, 0.15) is 52.5 Å². The summed E-state index contributed by atoms with van der Waals surface area (Å²) in [5, 5.41) is 9.56. The molecular weight excluding hydrogens is 264 g/mol. The number of hydrogen-bond donors (Lipinski definition) is 0. The van der Waals surface area contributed by atoms with Gasteiger partial charge in [-0.2, -0.15) is 5.26 Å². The zero-order chi connectivity index (χ0) is 15.0. The average molecular weight is 290 g/mol. The number of unbranched alkanes of at least 4 members (excludes halogenated alkanes) is 1. The molecule has 0 aliphatic rings. The zero-order valence-electron chi connectivity index (χ0n) is 13.1. The van der Waals surface area contributed by atoms with Crippen molar-refractivity contribution in [1.82, 2.24) is 0 Å². The van der Waals surface area contributed by atoms with E-state index in [9.17, 15) is 5.26 Å². The lowest BCUT2D eigenvalue weighted by molar-refractivity contribution is 0.595. The number of hydrogen-bond acceptors (Lipinski definition) is 3. The highest BCUT2D eigenvalue weighted by atomic mass is 32.2. The first-order chi connectivity index (χ1) is 9.69. The van der Waals surface area contributed by atoms with E-state index >= 15 is 0 Å². The van der Waals surface area contributed by atoms with Crippen molar-refractivity contribution in [2.75, 3.05) is 17.2 Å². The van der Waals surface area contributed by atoms with Crippen LogP contribution in [0, 0.1) is 11.3 Å². The van der Waals surface area contributed by atoms with Gasteiger partial charge in [-0.1, -0.05) is 33.3 Å². The third-order valence-corrected chi connectivity index (χ3v) is 4.54. The second kappa shape index (κ2) is 8.92. The van der Waals surface area contributed by atoms with Gasteiger partial charge in [-0.25, -0.2) is 0 Å². The molecule has 0 saturated heterocycles. The predicted molar refractivity (Wildman–Crippen MR) is 89.6 cm³/mol. The SMILES string of the molecule is CCCCN(c1cccc(SCC)c1C#N)C(C)CC. The molecule has 20 heavy (non-hydrogen) atoms. The Hall–Kier alpha value is -1.14. The maximum atomic E-state index is 9.56. The minimum atomic E-state index is 0.468. The minimum Gasteiger partial charge on any atom is -0.368 e. The smallest absolute Gasteiger partial charge is 0.103 e. The van der Waals surface area contributed by atoms with E-state index in [1.807, 2.05) is 0 Å². The highest BCUT2D eigenvalue weighted by Crippen LogP contribution is 2.31. The van der Waals surface area contributed by atoms with Gasteiger partial charge in [-0.3, -0.25) is 0 Å². The molecule has 0 fully saturated rings. The van der Waals surface area contributed by atoms with Gasteiger partial charge in [0.2, 0.25) is 0 Å². The Morgan fingerprint density at radius 3 is 2.60 bits per heavy atom. The number of nitrogens with zero attached hydrogens (tertiary/aromatic N) is 2. The molecule has 0 aromatic heterocycles. The van der Waals surface area contributed by atoms with E-state index in [1.165, 1.54) is 12.8 Å². The van der Waals surface area contributed by atoms with Crippen molar-refractivity contribution in [3.05, 3.63) is 23.8 Å². The Morgan fingerprint density at radius 2 is 2.05 bits per heavy atom. The standard InChI is InChI=1S/C17H26N2S/c1-5-8-12-19(14(4)6-2)16-10-9-11-17(20-7-3)15(16)13-18/h9-11,14H,5-8,12H2,1-4H3. The first kappa shape index (κ1) is 16.9. The normalized spacial score (nSPS) is 11.9. The minimum absolute atomic E-state index is 0.468. The summed E-state index contributed by atoms with van der Waals surface area (Å²) in [6.07, 6.45) is 3.44. The molecule has 0 amide bonds. The average Bonchev–Trinajstić information content (AvgIpc) is 2.47. The third-order valence-electron chi connectivity index (χ3n) is 3.60. The second-order valence-electron chi connectivity index (χ2n) is 5.00. The topological polar surface area (TPSA) is 27.0 Å². The van der Waals surface area contributed by atoms with Crippen molar-refractivity contribution in [1.29, 1.82) is 5.26 Å². The first-order valence-corrected chi connectivity index (χ1v) is 8.60. The van der Waals surface area contributed by atoms with E-state index in [0.29, 0.717) is 6.04 Å². The Kier molecular flexibility index (Phi) is 7.54. The molecule has 0 saturated carbocycles. The maximum absolute atomic E-state index is 9.56. The number of thioether (sulfide) groups is 1. The fourth-order valence-corrected chi connectivity index (χ4v) is 3.05. The van der Waals surface area contributed by atoms with Gasteiger partial charge < -0.3 is 4.90 Å². The van der Waals surface area contributed by atoms with Gasteiger partial charge in [0.25, 0.3) is 0 Å². The summed E-state index contributed by atoms with van der Waals surface area (Å²) in [6, 6.07) is 9.13. The molecule has 0 heterocycles.